The minimum absolute atomic E-state index is 0.00114. The average molecular weight is 303 g/mol. The molecule has 1 unspecified atom stereocenters. The summed E-state index contributed by atoms with van der Waals surface area (Å²) in [5.41, 5.74) is 1.52. The zero-order valence-electron chi connectivity index (χ0n) is 13.8. The van der Waals surface area contributed by atoms with Gasteiger partial charge in [-0.25, -0.2) is 0 Å². The fourth-order valence-corrected chi connectivity index (χ4v) is 2.19. The Hall–Kier alpha value is -2.10. The first-order valence-electron chi connectivity index (χ1n) is 7.61. The van der Waals surface area contributed by atoms with Crippen molar-refractivity contribution in [2.45, 2.75) is 40.0 Å². The fourth-order valence-electron chi connectivity index (χ4n) is 2.19. The van der Waals surface area contributed by atoms with Gasteiger partial charge in [-0.2, -0.15) is 0 Å². The highest BCUT2D eigenvalue weighted by Gasteiger charge is 2.16. The molecule has 0 bridgehead atoms. The number of ether oxygens (including phenoxy) is 1. The topological polar surface area (TPSA) is 55.4 Å². The first-order chi connectivity index (χ1) is 10.5. The Balaban J connectivity index is 2.70. The van der Waals surface area contributed by atoms with Gasteiger partial charge in [-0.3, -0.25) is 9.59 Å². The second kappa shape index (κ2) is 9.03. The number of Topliss-reactive ketones (excluding diaryl/α,β-unsaturated/α-hetero) is 1. The van der Waals surface area contributed by atoms with E-state index in [1.165, 1.54) is 6.92 Å². The molecule has 0 aromatic heterocycles. The van der Waals surface area contributed by atoms with Crippen molar-refractivity contribution in [3.05, 3.63) is 47.4 Å². The van der Waals surface area contributed by atoms with Gasteiger partial charge in [0.05, 0.1) is 18.8 Å². The second-order valence-electron chi connectivity index (χ2n) is 5.19. The summed E-state index contributed by atoms with van der Waals surface area (Å²) in [6.07, 6.45) is 11.3. The molecule has 0 saturated carbocycles. The van der Waals surface area contributed by atoms with Crippen LogP contribution in [0, 0.1) is 5.92 Å². The van der Waals surface area contributed by atoms with E-state index in [2.05, 4.69) is 5.32 Å². The summed E-state index contributed by atoms with van der Waals surface area (Å²) in [6.45, 7) is 5.29. The molecule has 22 heavy (non-hydrogen) atoms. The van der Waals surface area contributed by atoms with Crippen LogP contribution in [-0.4, -0.2) is 18.8 Å². The molecule has 0 saturated heterocycles. The zero-order chi connectivity index (χ0) is 16.5. The third-order valence-corrected chi connectivity index (χ3v) is 3.66. The average Bonchev–Trinajstić information content (AvgIpc) is 2.52. The van der Waals surface area contributed by atoms with Crippen LogP contribution in [0.2, 0.25) is 0 Å². The SMILES string of the molecule is C/C=C(\C=C/C(CC)C(=O)NC1=CC=C(OC)CC1)C(C)=O. The molecule has 120 valence electrons. The molecule has 4 nitrogen and oxygen atoms in total. The van der Waals surface area contributed by atoms with E-state index in [1.807, 2.05) is 26.0 Å². The van der Waals surface area contributed by atoms with E-state index in [4.69, 9.17) is 4.74 Å². The Morgan fingerprint density at radius 2 is 2.09 bits per heavy atom. The van der Waals surface area contributed by atoms with Gasteiger partial charge in [-0.1, -0.05) is 25.2 Å². The zero-order valence-corrected chi connectivity index (χ0v) is 13.8. The van der Waals surface area contributed by atoms with E-state index in [0.29, 0.717) is 12.0 Å². The number of allylic oxidation sites excluding steroid dienone is 7. The molecule has 1 rings (SSSR count). The molecule has 1 atom stereocenters. The van der Waals surface area contributed by atoms with E-state index >= 15 is 0 Å². The quantitative estimate of drug-likeness (QED) is 0.579. The van der Waals surface area contributed by atoms with Crippen LogP contribution in [0.5, 0.6) is 0 Å². The summed E-state index contributed by atoms with van der Waals surface area (Å²) in [7, 11) is 1.65. The maximum absolute atomic E-state index is 12.3. The molecular formula is C18H25NO3. The molecule has 1 N–H and O–H groups in total. The molecule has 0 aliphatic heterocycles. The minimum atomic E-state index is -0.247. The lowest BCUT2D eigenvalue weighted by molar-refractivity contribution is -0.123. The number of ketones is 1. The number of rotatable bonds is 7. The number of amides is 1. The summed E-state index contributed by atoms with van der Waals surface area (Å²) in [5.74, 6) is 0.631. The highest BCUT2D eigenvalue weighted by molar-refractivity contribution is 5.96. The molecule has 1 aliphatic rings. The molecule has 0 aromatic rings. The lowest BCUT2D eigenvalue weighted by atomic mass is 10.0. The van der Waals surface area contributed by atoms with Crippen LogP contribution in [0.3, 0.4) is 0 Å². The number of carbonyl (C=O) groups excluding carboxylic acids is 2. The van der Waals surface area contributed by atoms with Crippen LogP contribution >= 0.6 is 0 Å². The van der Waals surface area contributed by atoms with E-state index in [-0.39, 0.29) is 17.6 Å². The first-order valence-corrected chi connectivity index (χ1v) is 7.61. The van der Waals surface area contributed by atoms with E-state index in [9.17, 15) is 9.59 Å². The number of carbonyl (C=O) groups is 2. The van der Waals surface area contributed by atoms with Crippen molar-refractivity contribution in [3.63, 3.8) is 0 Å². The third kappa shape index (κ3) is 5.35. The van der Waals surface area contributed by atoms with Gasteiger partial charge >= 0.3 is 0 Å². The Bertz CT molecular complexity index is 539. The normalized spacial score (nSPS) is 16.8. The van der Waals surface area contributed by atoms with E-state index in [1.54, 1.807) is 25.3 Å². The van der Waals surface area contributed by atoms with Gasteiger partial charge in [0.15, 0.2) is 5.78 Å². The second-order valence-corrected chi connectivity index (χ2v) is 5.19. The lowest BCUT2D eigenvalue weighted by Crippen LogP contribution is -2.29. The molecule has 4 heteroatoms. The van der Waals surface area contributed by atoms with Gasteiger partial charge in [0.1, 0.15) is 0 Å². The van der Waals surface area contributed by atoms with Gasteiger partial charge in [0.25, 0.3) is 0 Å². The Labute approximate surface area is 132 Å². The smallest absolute Gasteiger partial charge is 0.231 e. The maximum atomic E-state index is 12.3. The number of methoxy groups -OCH3 is 1. The van der Waals surface area contributed by atoms with Crippen molar-refractivity contribution >= 4 is 11.7 Å². The van der Waals surface area contributed by atoms with Crippen LogP contribution in [0.4, 0.5) is 0 Å². The molecule has 0 fully saturated rings. The molecule has 1 aliphatic carbocycles. The third-order valence-electron chi connectivity index (χ3n) is 3.66. The van der Waals surface area contributed by atoms with Crippen molar-refractivity contribution < 1.29 is 14.3 Å². The summed E-state index contributed by atoms with van der Waals surface area (Å²) >= 11 is 0. The van der Waals surface area contributed by atoms with Crippen molar-refractivity contribution in [2.24, 2.45) is 5.92 Å². The predicted octanol–water partition coefficient (Wildman–Crippen LogP) is 3.43. The van der Waals surface area contributed by atoms with Gasteiger partial charge in [0, 0.05) is 17.7 Å². The lowest BCUT2D eigenvalue weighted by Gasteiger charge is -2.17. The molecule has 1 amide bonds. The largest absolute Gasteiger partial charge is 0.501 e. The van der Waals surface area contributed by atoms with Crippen molar-refractivity contribution in [2.75, 3.05) is 7.11 Å². The van der Waals surface area contributed by atoms with Crippen molar-refractivity contribution in [3.8, 4) is 0 Å². The van der Waals surface area contributed by atoms with E-state index < -0.39 is 0 Å². The van der Waals surface area contributed by atoms with Crippen molar-refractivity contribution in [1.82, 2.24) is 5.32 Å². The molecule has 0 heterocycles. The summed E-state index contributed by atoms with van der Waals surface area (Å²) < 4.78 is 5.17. The monoisotopic (exact) mass is 303 g/mol. The fraction of sp³-hybridized carbons (Fsp3) is 0.444. The van der Waals surface area contributed by atoms with Gasteiger partial charge < -0.3 is 10.1 Å². The number of hydrogen-bond donors (Lipinski definition) is 1. The Kier molecular flexibility index (Phi) is 7.37. The van der Waals surface area contributed by atoms with Crippen molar-refractivity contribution in [1.29, 1.82) is 0 Å². The number of hydrogen-bond acceptors (Lipinski definition) is 3. The highest BCUT2D eigenvalue weighted by atomic mass is 16.5. The minimum Gasteiger partial charge on any atom is -0.501 e. The predicted molar refractivity (Wildman–Crippen MR) is 87.9 cm³/mol. The molecule has 0 spiro atoms. The van der Waals surface area contributed by atoms with Gasteiger partial charge in [-0.15, -0.1) is 0 Å². The van der Waals surface area contributed by atoms with Crippen LogP contribution < -0.4 is 5.32 Å². The molecule has 0 radical (unpaired) electrons. The summed E-state index contributed by atoms with van der Waals surface area (Å²) in [5, 5.41) is 2.95. The summed E-state index contributed by atoms with van der Waals surface area (Å²) in [6, 6.07) is 0. The Morgan fingerprint density at radius 1 is 1.36 bits per heavy atom. The van der Waals surface area contributed by atoms with Gasteiger partial charge in [0.2, 0.25) is 5.91 Å². The maximum Gasteiger partial charge on any atom is 0.231 e. The van der Waals surface area contributed by atoms with E-state index in [0.717, 1.165) is 24.3 Å². The van der Waals surface area contributed by atoms with Crippen LogP contribution in [0.25, 0.3) is 0 Å². The summed E-state index contributed by atoms with van der Waals surface area (Å²) in [4.78, 5) is 23.7. The Morgan fingerprint density at radius 3 is 2.55 bits per heavy atom. The molecular weight excluding hydrogens is 278 g/mol. The number of nitrogens with one attached hydrogen (secondary N) is 1. The standard InChI is InChI=1S/C18H25NO3/c1-5-14(13(3)20)7-8-15(6-2)18(21)19-16-9-11-17(22-4)12-10-16/h5,7-9,11,15H,6,10,12H2,1-4H3,(H,19,21)/b8-7-,14-5+. The molecule has 0 aromatic carbocycles. The van der Waals surface area contributed by atoms with Crippen LogP contribution in [-0.2, 0) is 14.3 Å². The highest BCUT2D eigenvalue weighted by Crippen LogP contribution is 2.18. The van der Waals surface area contributed by atoms with Gasteiger partial charge in [-0.05, 0) is 38.8 Å². The first kappa shape index (κ1) is 18.0. The van der Waals surface area contributed by atoms with Crippen LogP contribution in [0.1, 0.15) is 40.0 Å². The van der Waals surface area contributed by atoms with Crippen LogP contribution in [0.15, 0.2) is 47.4 Å².